The molecule has 23 heavy (non-hydrogen) atoms. The van der Waals surface area contributed by atoms with Gasteiger partial charge in [0.25, 0.3) is 0 Å². The molecule has 0 aromatic carbocycles. The van der Waals surface area contributed by atoms with Gasteiger partial charge in [0, 0.05) is 24.5 Å². The number of aliphatic imine (C=N–C) groups is 1. The van der Waals surface area contributed by atoms with E-state index in [0.29, 0.717) is 18.9 Å². The SMILES string of the molecule is CCNC(=NCc1cccc(C)n1)NC(C)CCS(C)(=O)=O.I. The Morgan fingerprint density at radius 1 is 1.39 bits per heavy atom. The largest absolute Gasteiger partial charge is 0.357 e. The topological polar surface area (TPSA) is 83.4 Å². The highest BCUT2D eigenvalue weighted by Crippen LogP contribution is 2.00. The minimum atomic E-state index is -2.94. The Hall–Kier alpha value is -0.900. The van der Waals surface area contributed by atoms with Crippen molar-refractivity contribution in [2.24, 2.45) is 4.99 Å². The molecule has 1 atom stereocenters. The Labute approximate surface area is 156 Å². The van der Waals surface area contributed by atoms with Crippen LogP contribution in [0.15, 0.2) is 23.2 Å². The van der Waals surface area contributed by atoms with E-state index < -0.39 is 9.84 Å². The van der Waals surface area contributed by atoms with Crippen LogP contribution in [0.1, 0.15) is 31.7 Å². The number of aryl methyl sites for hydroxylation is 1. The lowest BCUT2D eigenvalue weighted by Crippen LogP contribution is -2.42. The molecule has 0 saturated carbocycles. The summed E-state index contributed by atoms with van der Waals surface area (Å²) in [4.78, 5) is 8.90. The predicted octanol–water partition coefficient (Wildman–Crippen LogP) is 1.89. The quantitative estimate of drug-likeness (QED) is 0.374. The predicted molar refractivity (Wildman–Crippen MR) is 106 cm³/mol. The van der Waals surface area contributed by atoms with Crippen LogP contribution < -0.4 is 10.6 Å². The number of halogens is 1. The molecule has 1 unspecified atom stereocenters. The van der Waals surface area contributed by atoms with Crippen LogP contribution in [0.2, 0.25) is 0 Å². The van der Waals surface area contributed by atoms with E-state index in [1.807, 2.05) is 39.0 Å². The van der Waals surface area contributed by atoms with E-state index in [0.717, 1.165) is 17.9 Å². The number of hydrogen-bond donors (Lipinski definition) is 2. The summed E-state index contributed by atoms with van der Waals surface area (Å²) in [6.07, 6.45) is 1.80. The van der Waals surface area contributed by atoms with Gasteiger partial charge >= 0.3 is 0 Å². The maximum Gasteiger partial charge on any atom is 0.191 e. The van der Waals surface area contributed by atoms with Crippen molar-refractivity contribution in [3.05, 3.63) is 29.6 Å². The molecule has 2 N–H and O–H groups in total. The van der Waals surface area contributed by atoms with Gasteiger partial charge in [-0.05, 0) is 39.3 Å². The minimum Gasteiger partial charge on any atom is -0.357 e. The summed E-state index contributed by atoms with van der Waals surface area (Å²) in [6.45, 7) is 7.11. The molecule has 0 amide bonds. The van der Waals surface area contributed by atoms with Crippen molar-refractivity contribution in [1.82, 2.24) is 15.6 Å². The molecule has 8 heteroatoms. The van der Waals surface area contributed by atoms with Crippen molar-refractivity contribution in [2.45, 2.75) is 39.8 Å². The van der Waals surface area contributed by atoms with E-state index in [1.165, 1.54) is 6.26 Å². The summed E-state index contributed by atoms with van der Waals surface area (Å²) in [5, 5.41) is 6.38. The van der Waals surface area contributed by atoms with Gasteiger partial charge in [-0.1, -0.05) is 6.07 Å². The van der Waals surface area contributed by atoms with Gasteiger partial charge in [0.15, 0.2) is 5.96 Å². The molecule has 0 saturated heterocycles. The zero-order chi connectivity index (χ0) is 16.6. The van der Waals surface area contributed by atoms with Gasteiger partial charge in [-0.25, -0.2) is 13.4 Å². The van der Waals surface area contributed by atoms with Gasteiger partial charge in [0.2, 0.25) is 0 Å². The van der Waals surface area contributed by atoms with Crippen LogP contribution in [0.4, 0.5) is 0 Å². The number of nitrogens with one attached hydrogen (secondary N) is 2. The summed E-state index contributed by atoms with van der Waals surface area (Å²) >= 11 is 0. The number of hydrogen-bond acceptors (Lipinski definition) is 4. The van der Waals surface area contributed by atoms with Gasteiger partial charge < -0.3 is 10.6 Å². The van der Waals surface area contributed by atoms with Crippen LogP contribution in [0.25, 0.3) is 0 Å². The smallest absolute Gasteiger partial charge is 0.191 e. The Kier molecular flexibility index (Phi) is 10.4. The maximum atomic E-state index is 11.2. The van der Waals surface area contributed by atoms with Gasteiger partial charge in [-0.15, -0.1) is 24.0 Å². The fourth-order valence-corrected chi connectivity index (χ4v) is 2.65. The standard InChI is InChI=1S/C15H26N4O2S.HI/c1-5-16-15(19-13(3)9-10-22(4,20)21)17-11-14-8-6-7-12(2)18-14;/h6-8,13H,5,9-11H2,1-4H3,(H2,16,17,19);1H. The normalized spacial score (nSPS) is 13.1. The summed E-state index contributed by atoms with van der Waals surface area (Å²) in [6, 6.07) is 5.87. The molecule has 6 nitrogen and oxygen atoms in total. The second-order valence-corrected chi connectivity index (χ2v) is 7.69. The number of aromatic nitrogens is 1. The molecule has 1 rings (SSSR count). The molecule has 0 aliphatic carbocycles. The molecular formula is C15H27IN4O2S. The fraction of sp³-hybridized carbons (Fsp3) is 0.600. The van der Waals surface area contributed by atoms with E-state index >= 15 is 0 Å². The van der Waals surface area contributed by atoms with Crippen molar-refractivity contribution in [1.29, 1.82) is 0 Å². The summed E-state index contributed by atoms with van der Waals surface area (Å²) < 4.78 is 22.4. The van der Waals surface area contributed by atoms with Crippen molar-refractivity contribution in [2.75, 3.05) is 18.6 Å². The van der Waals surface area contributed by atoms with E-state index in [2.05, 4.69) is 20.6 Å². The van der Waals surface area contributed by atoms with Crippen LogP contribution >= 0.6 is 24.0 Å². The molecule has 0 aliphatic rings. The average molecular weight is 454 g/mol. The van der Waals surface area contributed by atoms with Crippen molar-refractivity contribution in [3.63, 3.8) is 0 Å². The highest BCUT2D eigenvalue weighted by molar-refractivity contribution is 14.0. The first-order valence-corrected chi connectivity index (χ1v) is 9.51. The highest BCUT2D eigenvalue weighted by atomic mass is 127. The number of sulfone groups is 1. The number of pyridine rings is 1. The Balaban J connectivity index is 0.00000484. The third-order valence-corrected chi connectivity index (χ3v) is 3.97. The van der Waals surface area contributed by atoms with Crippen molar-refractivity contribution < 1.29 is 8.42 Å². The third kappa shape index (κ3) is 10.5. The minimum absolute atomic E-state index is 0. The monoisotopic (exact) mass is 454 g/mol. The first kappa shape index (κ1) is 22.1. The van der Waals surface area contributed by atoms with Gasteiger partial charge in [0.05, 0.1) is 18.0 Å². The summed E-state index contributed by atoms with van der Waals surface area (Å²) in [5.74, 6) is 0.840. The first-order valence-electron chi connectivity index (χ1n) is 7.45. The van der Waals surface area contributed by atoms with E-state index in [9.17, 15) is 8.42 Å². The molecular weight excluding hydrogens is 427 g/mol. The Morgan fingerprint density at radius 3 is 2.65 bits per heavy atom. The maximum absolute atomic E-state index is 11.2. The highest BCUT2D eigenvalue weighted by Gasteiger charge is 2.09. The number of nitrogens with zero attached hydrogens (tertiary/aromatic N) is 2. The van der Waals surface area contributed by atoms with Crippen LogP contribution in [0, 0.1) is 6.92 Å². The van der Waals surface area contributed by atoms with Crippen LogP contribution in [-0.4, -0.2) is 44.0 Å². The van der Waals surface area contributed by atoms with Gasteiger partial charge in [-0.2, -0.15) is 0 Å². The third-order valence-electron chi connectivity index (χ3n) is 2.99. The molecule has 1 heterocycles. The zero-order valence-electron chi connectivity index (χ0n) is 14.2. The van der Waals surface area contributed by atoms with Gasteiger partial charge in [0.1, 0.15) is 9.84 Å². The number of rotatable bonds is 7. The molecule has 0 radical (unpaired) electrons. The van der Waals surface area contributed by atoms with E-state index in [-0.39, 0.29) is 35.8 Å². The van der Waals surface area contributed by atoms with E-state index in [1.54, 1.807) is 0 Å². The van der Waals surface area contributed by atoms with Crippen LogP contribution in [0.5, 0.6) is 0 Å². The molecule has 132 valence electrons. The lowest BCUT2D eigenvalue weighted by Gasteiger charge is -2.17. The second-order valence-electron chi connectivity index (χ2n) is 5.43. The van der Waals surface area contributed by atoms with Crippen LogP contribution in [-0.2, 0) is 16.4 Å². The molecule has 1 aromatic heterocycles. The lowest BCUT2D eigenvalue weighted by molar-refractivity contribution is 0.581. The molecule has 0 fully saturated rings. The van der Waals surface area contributed by atoms with Gasteiger partial charge in [-0.3, -0.25) is 4.98 Å². The molecule has 1 aromatic rings. The zero-order valence-corrected chi connectivity index (χ0v) is 17.3. The second kappa shape index (κ2) is 10.8. The van der Waals surface area contributed by atoms with Crippen LogP contribution in [0.3, 0.4) is 0 Å². The number of guanidine groups is 1. The Bertz CT molecular complexity index is 605. The molecule has 0 spiro atoms. The summed E-state index contributed by atoms with van der Waals surface area (Å²) in [7, 11) is -2.94. The molecule has 0 bridgehead atoms. The summed E-state index contributed by atoms with van der Waals surface area (Å²) in [5.41, 5.74) is 1.87. The first-order chi connectivity index (χ1) is 10.3. The van der Waals surface area contributed by atoms with E-state index in [4.69, 9.17) is 0 Å². The Morgan fingerprint density at radius 2 is 2.09 bits per heavy atom. The fourth-order valence-electron chi connectivity index (χ4n) is 1.86. The van der Waals surface area contributed by atoms with Crippen molar-refractivity contribution >= 4 is 39.8 Å². The van der Waals surface area contributed by atoms with Crippen molar-refractivity contribution in [3.8, 4) is 0 Å². The lowest BCUT2D eigenvalue weighted by atomic mass is 10.3. The molecule has 0 aliphatic heterocycles. The average Bonchev–Trinajstić information content (AvgIpc) is 2.42.